The van der Waals surface area contributed by atoms with Crippen molar-refractivity contribution in [2.75, 3.05) is 18.6 Å². The molecular formula is C16H13NO4S. The summed E-state index contributed by atoms with van der Waals surface area (Å²) in [5, 5.41) is 3.44. The number of ketones is 1. The van der Waals surface area contributed by atoms with Crippen LogP contribution in [-0.2, 0) is 16.0 Å². The molecule has 0 bridgehead atoms. The summed E-state index contributed by atoms with van der Waals surface area (Å²) in [4.78, 5) is 37.0. The first-order valence-corrected chi connectivity index (χ1v) is 7.62. The van der Waals surface area contributed by atoms with Gasteiger partial charge in [0.1, 0.15) is 0 Å². The number of thiophene rings is 1. The smallest absolute Gasteiger partial charge is 0.339 e. The van der Waals surface area contributed by atoms with Crippen molar-refractivity contribution in [2.45, 2.75) is 6.42 Å². The second-order valence-corrected chi connectivity index (χ2v) is 5.76. The first-order valence-electron chi connectivity index (χ1n) is 6.68. The molecule has 0 fully saturated rings. The summed E-state index contributed by atoms with van der Waals surface area (Å²) >= 11 is 1.39. The number of benzene rings is 1. The number of carbonyl (C=O) groups excluding carboxylic acids is 3. The first kappa shape index (κ1) is 14.5. The van der Waals surface area contributed by atoms with E-state index in [1.54, 1.807) is 47.0 Å². The lowest BCUT2D eigenvalue weighted by molar-refractivity contribution is -0.117. The van der Waals surface area contributed by atoms with Crippen LogP contribution in [0, 0.1) is 0 Å². The Morgan fingerprint density at radius 3 is 2.82 bits per heavy atom. The van der Waals surface area contributed by atoms with E-state index in [9.17, 15) is 14.4 Å². The van der Waals surface area contributed by atoms with Crippen molar-refractivity contribution in [3.05, 3.63) is 51.7 Å². The van der Waals surface area contributed by atoms with Gasteiger partial charge in [-0.3, -0.25) is 9.59 Å². The summed E-state index contributed by atoms with van der Waals surface area (Å²) < 4.78 is 5.01. The van der Waals surface area contributed by atoms with Gasteiger partial charge in [-0.25, -0.2) is 4.79 Å². The van der Waals surface area contributed by atoms with E-state index in [1.165, 1.54) is 11.3 Å². The average Bonchev–Trinajstić information content (AvgIpc) is 3.14. The van der Waals surface area contributed by atoms with E-state index in [2.05, 4.69) is 0 Å². The van der Waals surface area contributed by atoms with E-state index in [0.29, 0.717) is 17.5 Å². The summed E-state index contributed by atoms with van der Waals surface area (Å²) in [6.45, 7) is -0.308. The molecule has 1 aliphatic rings. The number of amides is 1. The van der Waals surface area contributed by atoms with Gasteiger partial charge in [-0.05, 0) is 35.2 Å². The SMILES string of the molecule is CN1C(=O)Cc2cc(C(=O)COC(=O)c3ccsc3)ccc21. The Morgan fingerprint density at radius 2 is 2.09 bits per heavy atom. The van der Waals surface area contributed by atoms with Crippen LogP contribution in [0.2, 0.25) is 0 Å². The third-order valence-corrected chi connectivity index (χ3v) is 4.25. The van der Waals surface area contributed by atoms with Crippen LogP contribution in [0.25, 0.3) is 0 Å². The van der Waals surface area contributed by atoms with Crippen LogP contribution in [0.5, 0.6) is 0 Å². The molecule has 6 heteroatoms. The Hall–Kier alpha value is -2.47. The molecule has 3 rings (SSSR count). The standard InChI is InChI=1S/C16H13NO4S/c1-17-13-3-2-10(6-12(13)7-15(17)19)14(18)8-21-16(20)11-4-5-22-9-11/h2-6,9H,7-8H2,1H3. The van der Waals surface area contributed by atoms with Crippen LogP contribution in [-0.4, -0.2) is 31.3 Å². The molecule has 0 spiro atoms. The van der Waals surface area contributed by atoms with E-state index < -0.39 is 5.97 Å². The Morgan fingerprint density at radius 1 is 1.27 bits per heavy atom. The Balaban J connectivity index is 1.68. The van der Waals surface area contributed by atoms with Gasteiger partial charge >= 0.3 is 5.97 Å². The maximum atomic E-state index is 12.1. The van der Waals surface area contributed by atoms with Gasteiger partial charge in [0.25, 0.3) is 0 Å². The normalized spacial score (nSPS) is 13.1. The monoisotopic (exact) mass is 315 g/mol. The van der Waals surface area contributed by atoms with Crippen LogP contribution in [0.15, 0.2) is 35.0 Å². The quantitative estimate of drug-likeness (QED) is 0.641. The lowest BCUT2D eigenvalue weighted by atomic mass is 10.1. The van der Waals surface area contributed by atoms with Crippen molar-refractivity contribution in [3.63, 3.8) is 0 Å². The minimum Gasteiger partial charge on any atom is -0.454 e. The molecule has 0 atom stereocenters. The zero-order valence-corrected chi connectivity index (χ0v) is 12.7. The molecule has 1 amide bonds. The zero-order chi connectivity index (χ0) is 15.7. The predicted octanol–water partition coefficient (Wildman–Crippen LogP) is 2.31. The van der Waals surface area contributed by atoms with Crippen LogP contribution < -0.4 is 4.90 Å². The molecule has 5 nitrogen and oxygen atoms in total. The topological polar surface area (TPSA) is 63.7 Å². The van der Waals surface area contributed by atoms with Gasteiger partial charge in [-0.2, -0.15) is 11.3 Å². The van der Waals surface area contributed by atoms with E-state index in [-0.39, 0.29) is 18.3 Å². The molecule has 2 heterocycles. The number of ether oxygens (including phenoxy) is 1. The predicted molar refractivity (Wildman–Crippen MR) is 82.5 cm³/mol. The lowest BCUT2D eigenvalue weighted by Crippen LogP contribution is -2.20. The summed E-state index contributed by atoms with van der Waals surface area (Å²) in [5.74, 6) is -0.789. The fraction of sp³-hybridized carbons (Fsp3) is 0.188. The van der Waals surface area contributed by atoms with E-state index in [4.69, 9.17) is 4.74 Å². The summed E-state index contributed by atoms with van der Waals surface area (Å²) in [7, 11) is 1.71. The highest BCUT2D eigenvalue weighted by Gasteiger charge is 2.25. The largest absolute Gasteiger partial charge is 0.454 e. The van der Waals surface area contributed by atoms with Gasteiger partial charge in [-0.15, -0.1) is 0 Å². The number of likely N-dealkylation sites (N-methyl/N-ethyl adjacent to an activating group) is 1. The number of Topliss-reactive ketones (excluding diaryl/α,β-unsaturated/α-hetero) is 1. The Labute approximate surface area is 131 Å². The number of hydrogen-bond donors (Lipinski definition) is 0. The van der Waals surface area contributed by atoms with Crippen molar-refractivity contribution >= 4 is 34.7 Å². The minimum absolute atomic E-state index is 0.00323. The third kappa shape index (κ3) is 2.65. The van der Waals surface area contributed by atoms with Gasteiger partial charge in [0, 0.05) is 23.7 Å². The lowest BCUT2D eigenvalue weighted by Gasteiger charge is -2.10. The number of hydrogen-bond acceptors (Lipinski definition) is 5. The van der Waals surface area contributed by atoms with Gasteiger partial charge < -0.3 is 9.64 Å². The Bertz CT molecular complexity index is 752. The molecule has 22 heavy (non-hydrogen) atoms. The van der Waals surface area contributed by atoms with Crippen molar-refractivity contribution in [1.82, 2.24) is 0 Å². The third-order valence-electron chi connectivity index (χ3n) is 3.57. The number of rotatable bonds is 4. The molecule has 0 saturated heterocycles. The molecule has 112 valence electrons. The highest BCUT2D eigenvalue weighted by molar-refractivity contribution is 7.08. The van der Waals surface area contributed by atoms with Gasteiger partial charge in [0.2, 0.25) is 5.91 Å². The maximum absolute atomic E-state index is 12.1. The van der Waals surface area contributed by atoms with E-state index >= 15 is 0 Å². The zero-order valence-electron chi connectivity index (χ0n) is 11.9. The van der Waals surface area contributed by atoms with Crippen molar-refractivity contribution < 1.29 is 19.1 Å². The Kier molecular flexibility index (Phi) is 3.77. The average molecular weight is 315 g/mol. The molecule has 0 radical (unpaired) electrons. The highest BCUT2D eigenvalue weighted by atomic mass is 32.1. The van der Waals surface area contributed by atoms with Gasteiger partial charge in [0.15, 0.2) is 12.4 Å². The number of carbonyl (C=O) groups is 3. The van der Waals surface area contributed by atoms with Crippen LogP contribution in [0.4, 0.5) is 5.69 Å². The second kappa shape index (κ2) is 5.73. The maximum Gasteiger partial charge on any atom is 0.339 e. The number of anilines is 1. The van der Waals surface area contributed by atoms with Crippen molar-refractivity contribution in [1.29, 1.82) is 0 Å². The minimum atomic E-state index is -0.509. The molecular weight excluding hydrogens is 302 g/mol. The van der Waals surface area contributed by atoms with Gasteiger partial charge in [-0.1, -0.05) is 0 Å². The number of nitrogens with zero attached hydrogens (tertiary/aromatic N) is 1. The fourth-order valence-corrected chi connectivity index (χ4v) is 2.95. The summed E-state index contributed by atoms with van der Waals surface area (Å²) in [5.41, 5.74) is 2.53. The van der Waals surface area contributed by atoms with Crippen molar-refractivity contribution in [2.24, 2.45) is 0 Å². The molecule has 2 aromatic rings. The van der Waals surface area contributed by atoms with Crippen LogP contribution in [0.1, 0.15) is 26.3 Å². The van der Waals surface area contributed by atoms with E-state index in [1.807, 2.05) is 0 Å². The first-order chi connectivity index (χ1) is 10.6. The van der Waals surface area contributed by atoms with Crippen LogP contribution >= 0.6 is 11.3 Å². The van der Waals surface area contributed by atoms with E-state index in [0.717, 1.165) is 11.3 Å². The highest BCUT2D eigenvalue weighted by Crippen LogP contribution is 2.28. The van der Waals surface area contributed by atoms with Gasteiger partial charge in [0.05, 0.1) is 12.0 Å². The summed E-state index contributed by atoms with van der Waals surface area (Å²) in [6.07, 6.45) is 0.293. The van der Waals surface area contributed by atoms with Crippen LogP contribution in [0.3, 0.4) is 0 Å². The summed E-state index contributed by atoms with van der Waals surface area (Å²) in [6, 6.07) is 6.73. The molecule has 0 unspecified atom stereocenters. The van der Waals surface area contributed by atoms with Crippen molar-refractivity contribution in [3.8, 4) is 0 Å². The molecule has 1 aromatic carbocycles. The molecule has 0 N–H and O–H groups in total. The molecule has 0 aliphatic carbocycles. The second-order valence-electron chi connectivity index (χ2n) is 4.98. The molecule has 1 aromatic heterocycles. The number of esters is 1. The number of fused-ring (bicyclic) bond motifs is 1. The fourth-order valence-electron chi connectivity index (χ4n) is 2.32. The molecule has 0 saturated carbocycles. The molecule has 1 aliphatic heterocycles.